The van der Waals surface area contributed by atoms with Crippen LogP contribution in [0.25, 0.3) is 0 Å². The van der Waals surface area contributed by atoms with Gasteiger partial charge in [0.2, 0.25) is 0 Å². The van der Waals surface area contributed by atoms with Gasteiger partial charge >= 0.3 is 0 Å². The van der Waals surface area contributed by atoms with Crippen LogP contribution in [0.4, 0.5) is 0 Å². The van der Waals surface area contributed by atoms with E-state index in [9.17, 15) is 0 Å². The van der Waals surface area contributed by atoms with Crippen LogP contribution in [0.1, 0.15) is 96.8 Å². The smallest absolute Gasteiger partial charge is 0.158 e. The molecule has 4 nitrogen and oxygen atoms in total. The molecule has 0 radical (unpaired) electrons. The summed E-state index contributed by atoms with van der Waals surface area (Å²) in [5.74, 6) is 0. The number of aliphatic hydroxyl groups is 1. The molecule has 0 amide bonds. The third-order valence-corrected chi connectivity index (χ3v) is 4.89. The minimum atomic E-state index is -0.0459. The first-order chi connectivity index (χ1) is 12.4. The Bertz CT molecular complexity index is 273. The summed E-state index contributed by atoms with van der Waals surface area (Å²) in [4.78, 5) is 0. The third-order valence-electron chi connectivity index (χ3n) is 4.89. The van der Waals surface area contributed by atoms with Crippen LogP contribution >= 0.6 is 0 Å². The molecule has 1 fully saturated rings. The minimum Gasteiger partial charge on any atom is -0.394 e. The second-order valence-electron chi connectivity index (χ2n) is 7.35. The molecule has 25 heavy (non-hydrogen) atoms. The van der Waals surface area contributed by atoms with Crippen molar-refractivity contribution in [1.29, 1.82) is 0 Å². The highest BCUT2D eigenvalue weighted by atomic mass is 16.7. The molecule has 0 saturated carbocycles. The monoisotopic (exact) mass is 358 g/mol. The van der Waals surface area contributed by atoms with E-state index in [0.717, 1.165) is 6.42 Å². The van der Waals surface area contributed by atoms with Crippen molar-refractivity contribution >= 4 is 0 Å². The van der Waals surface area contributed by atoms with Gasteiger partial charge in [-0.15, -0.1) is 0 Å². The number of ether oxygens (including phenoxy) is 3. The maximum atomic E-state index is 8.68. The van der Waals surface area contributed by atoms with Crippen molar-refractivity contribution in [2.45, 2.75) is 109 Å². The Hall–Kier alpha value is -0.160. The third kappa shape index (κ3) is 13.7. The largest absolute Gasteiger partial charge is 0.394 e. The Morgan fingerprint density at radius 2 is 1.40 bits per heavy atom. The maximum absolute atomic E-state index is 8.68. The van der Waals surface area contributed by atoms with Crippen LogP contribution in [0.15, 0.2) is 0 Å². The van der Waals surface area contributed by atoms with Gasteiger partial charge in [0.1, 0.15) is 6.10 Å². The molecule has 4 heteroatoms. The first-order valence-corrected chi connectivity index (χ1v) is 10.8. The summed E-state index contributed by atoms with van der Waals surface area (Å²) in [7, 11) is 0. The van der Waals surface area contributed by atoms with Gasteiger partial charge in [0.25, 0.3) is 0 Å². The summed E-state index contributed by atoms with van der Waals surface area (Å²) >= 11 is 0. The summed E-state index contributed by atoms with van der Waals surface area (Å²) in [5.41, 5.74) is 0. The number of unbranched alkanes of at least 4 members (excludes halogenated alkanes) is 12. The topological polar surface area (TPSA) is 47.9 Å². The average molecular weight is 359 g/mol. The number of hydrogen-bond acceptors (Lipinski definition) is 4. The fourth-order valence-corrected chi connectivity index (χ4v) is 3.35. The summed E-state index contributed by atoms with van der Waals surface area (Å²) < 4.78 is 16.7. The Morgan fingerprint density at radius 3 is 1.96 bits per heavy atom. The maximum Gasteiger partial charge on any atom is 0.158 e. The normalized spacial score (nSPS) is 20.4. The Labute approximate surface area is 155 Å². The highest BCUT2D eigenvalue weighted by Crippen LogP contribution is 2.19. The zero-order chi connectivity index (χ0) is 18.0. The second-order valence-corrected chi connectivity index (χ2v) is 7.35. The fourth-order valence-electron chi connectivity index (χ4n) is 3.35. The molecule has 1 aliphatic heterocycles. The lowest BCUT2D eigenvalue weighted by Gasteiger charge is -2.11. The molecule has 0 bridgehead atoms. The van der Waals surface area contributed by atoms with Gasteiger partial charge in [0.05, 0.1) is 26.4 Å². The van der Waals surface area contributed by atoms with Crippen LogP contribution in [-0.4, -0.2) is 43.9 Å². The van der Waals surface area contributed by atoms with Crippen molar-refractivity contribution in [3.63, 3.8) is 0 Å². The number of aliphatic hydroxyl groups excluding tert-OH is 1. The van der Waals surface area contributed by atoms with E-state index < -0.39 is 0 Å². The van der Waals surface area contributed by atoms with E-state index in [2.05, 4.69) is 6.92 Å². The minimum absolute atomic E-state index is 0.0403. The van der Waals surface area contributed by atoms with Gasteiger partial charge in [-0.1, -0.05) is 84.0 Å². The van der Waals surface area contributed by atoms with Crippen molar-refractivity contribution in [2.24, 2.45) is 0 Å². The highest BCUT2D eigenvalue weighted by Gasteiger charge is 2.25. The van der Waals surface area contributed by atoms with Gasteiger partial charge in [-0.2, -0.15) is 0 Å². The summed E-state index contributed by atoms with van der Waals surface area (Å²) in [5, 5.41) is 8.68. The van der Waals surface area contributed by atoms with Gasteiger partial charge in [-0.3, -0.25) is 0 Å². The molecule has 0 aromatic heterocycles. The van der Waals surface area contributed by atoms with Gasteiger partial charge in [0, 0.05) is 0 Å². The lowest BCUT2D eigenvalue weighted by atomic mass is 10.0. The van der Waals surface area contributed by atoms with E-state index >= 15 is 0 Å². The SMILES string of the molecule is CCCCCCCCCCCCCCCC1OCC(COCCO)O1. The van der Waals surface area contributed by atoms with E-state index in [0.29, 0.717) is 19.8 Å². The first-order valence-electron chi connectivity index (χ1n) is 10.8. The number of hydrogen-bond donors (Lipinski definition) is 1. The van der Waals surface area contributed by atoms with Gasteiger partial charge in [-0.05, 0) is 12.8 Å². The van der Waals surface area contributed by atoms with Crippen molar-refractivity contribution < 1.29 is 19.3 Å². The van der Waals surface area contributed by atoms with Crippen molar-refractivity contribution in [3.8, 4) is 0 Å². The van der Waals surface area contributed by atoms with E-state index in [4.69, 9.17) is 19.3 Å². The molecule has 1 rings (SSSR count). The zero-order valence-corrected chi connectivity index (χ0v) is 16.6. The zero-order valence-electron chi connectivity index (χ0n) is 16.6. The summed E-state index contributed by atoms with van der Waals surface area (Å²) in [6.07, 6.45) is 18.9. The molecule has 2 atom stereocenters. The molecule has 1 N–H and O–H groups in total. The van der Waals surface area contributed by atoms with Crippen LogP contribution in [0.5, 0.6) is 0 Å². The molecule has 150 valence electrons. The van der Waals surface area contributed by atoms with E-state index in [-0.39, 0.29) is 19.0 Å². The van der Waals surface area contributed by atoms with Crippen LogP contribution in [0, 0.1) is 0 Å². The summed E-state index contributed by atoms with van der Waals surface area (Å²) in [6.45, 7) is 3.87. The number of rotatable bonds is 18. The van der Waals surface area contributed by atoms with Crippen molar-refractivity contribution in [2.75, 3.05) is 26.4 Å². The Morgan fingerprint density at radius 1 is 0.840 bits per heavy atom. The predicted octanol–water partition coefficient (Wildman–Crippen LogP) is 5.22. The lowest BCUT2D eigenvalue weighted by molar-refractivity contribution is -0.0772. The molecule has 0 aliphatic carbocycles. The average Bonchev–Trinajstić information content (AvgIpc) is 3.07. The van der Waals surface area contributed by atoms with Crippen LogP contribution in [0.3, 0.4) is 0 Å². The van der Waals surface area contributed by atoms with Gasteiger partial charge in [-0.25, -0.2) is 0 Å². The molecule has 0 aromatic rings. The van der Waals surface area contributed by atoms with Gasteiger partial charge in [0.15, 0.2) is 6.29 Å². The Kier molecular flexibility index (Phi) is 15.8. The quantitative estimate of drug-likeness (QED) is 0.341. The summed E-state index contributed by atoms with van der Waals surface area (Å²) in [6, 6.07) is 0. The van der Waals surface area contributed by atoms with Crippen molar-refractivity contribution in [1.82, 2.24) is 0 Å². The molecular weight excluding hydrogens is 316 g/mol. The molecule has 1 aliphatic rings. The van der Waals surface area contributed by atoms with Crippen LogP contribution < -0.4 is 0 Å². The predicted molar refractivity (Wildman–Crippen MR) is 103 cm³/mol. The molecule has 0 spiro atoms. The van der Waals surface area contributed by atoms with Crippen LogP contribution in [-0.2, 0) is 14.2 Å². The van der Waals surface area contributed by atoms with Gasteiger partial charge < -0.3 is 19.3 Å². The second kappa shape index (κ2) is 17.3. The standard InChI is InChI=1S/C21H42O4/c1-2-3-4-5-6-7-8-9-10-11-12-13-14-15-21-24-19-20(25-21)18-23-17-16-22/h20-22H,2-19H2,1H3. The van der Waals surface area contributed by atoms with E-state index in [1.165, 1.54) is 83.5 Å². The molecule has 1 saturated heterocycles. The van der Waals surface area contributed by atoms with E-state index in [1.807, 2.05) is 0 Å². The first kappa shape index (κ1) is 22.9. The molecule has 0 aromatic carbocycles. The fraction of sp³-hybridized carbons (Fsp3) is 1.00. The lowest BCUT2D eigenvalue weighted by Crippen LogP contribution is -2.20. The molecule has 2 unspecified atom stereocenters. The van der Waals surface area contributed by atoms with Crippen molar-refractivity contribution in [3.05, 3.63) is 0 Å². The molecule has 1 heterocycles. The van der Waals surface area contributed by atoms with Crippen LogP contribution in [0.2, 0.25) is 0 Å². The Balaban J connectivity index is 1.76. The molecular formula is C21H42O4. The van der Waals surface area contributed by atoms with E-state index in [1.54, 1.807) is 0 Å². The highest BCUT2D eigenvalue weighted by molar-refractivity contribution is 4.65.